The van der Waals surface area contributed by atoms with Gasteiger partial charge in [0.25, 0.3) is 0 Å². The van der Waals surface area contributed by atoms with Gasteiger partial charge in [-0.2, -0.15) is 0 Å². The van der Waals surface area contributed by atoms with E-state index in [0.717, 1.165) is 23.6 Å². The van der Waals surface area contributed by atoms with E-state index in [9.17, 15) is 18.7 Å². The maximum absolute atomic E-state index is 14.1. The first-order valence-corrected chi connectivity index (χ1v) is 10.6. The Labute approximate surface area is 221 Å². The van der Waals surface area contributed by atoms with E-state index in [1.165, 1.54) is 30.5 Å². The van der Waals surface area contributed by atoms with E-state index >= 15 is 0 Å². The molecule has 0 aliphatic heterocycles. The molecule has 2 aromatic carbocycles. The molecule has 1 heterocycles. The number of allylic oxidation sites excluding steroid dienone is 2. The van der Waals surface area contributed by atoms with Gasteiger partial charge in [-0.3, -0.25) is 0 Å². The molecule has 9 heteroatoms. The van der Waals surface area contributed by atoms with Gasteiger partial charge in [-0.05, 0) is 72.4 Å². The van der Waals surface area contributed by atoms with Gasteiger partial charge in [0.15, 0.2) is 0 Å². The van der Waals surface area contributed by atoms with Crippen LogP contribution in [0.4, 0.5) is 8.78 Å². The first-order valence-electron chi connectivity index (χ1n) is 9.81. The number of pyridine rings is 1. The van der Waals surface area contributed by atoms with E-state index in [2.05, 4.69) is 4.98 Å². The number of ether oxygens (including phenoxy) is 1. The zero-order valence-electron chi connectivity index (χ0n) is 16.7. The summed E-state index contributed by atoms with van der Waals surface area (Å²) >= 11 is 12.0. The fourth-order valence-corrected chi connectivity index (χ4v) is 4.11. The van der Waals surface area contributed by atoms with Crippen molar-refractivity contribution in [3.63, 3.8) is 0 Å². The molecule has 0 unspecified atom stereocenters. The van der Waals surface area contributed by atoms with Crippen molar-refractivity contribution in [3.8, 4) is 5.88 Å². The molecule has 1 aromatic heterocycles. The first kappa shape index (κ1) is 25.7. The summed E-state index contributed by atoms with van der Waals surface area (Å²) in [5.74, 6) is -2.07. The third-order valence-electron chi connectivity index (χ3n) is 5.23. The van der Waals surface area contributed by atoms with Gasteiger partial charge in [0.1, 0.15) is 18.2 Å². The van der Waals surface area contributed by atoms with Crippen LogP contribution in [-0.4, -0.2) is 45.6 Å². The Morgan fingerprint density at radius 1 is 1.03 bits per heavy atom. The summed E-state index contributed by atoms with van der Waals surface area (Å²) in [7, 11) is 0. The van der Waals surface area contributed by atoms with Gasteiger partial charge < -0.3 is 9.84 Å². The number of hydrogen-bond acceptors (Lipinski definition) is 3. The first-order chi connectivity index (χ1) is 15.3. The molecule has 0 spiro atoms. The van der Waals surface area contributed by atoms with E-state index in [0.29, 0.717) is 34.6 Å². The van der Waals surface area contributed by atoms with Crippen molar-refractivity contribution >= 4 is 69.9 Å². The number of hydrogen-bond donors (Lipinski definition) is 1. The molecule has 166 valence electrons. The number of carboxylic acids is 1. The normalized spacial score (nSPS) is 13.1. The van der Waals surface area contributed by atoms with Crippen molar-refractivity contribution in [2.45, 2.75) is 25.9 Å². The van der Waals surface area contributed by atoms with Crippen LogP contribution in [0.1, 0.15) is 46.3 Å². The number of nitrogens with zero attached hydrogens (tertiary/aromatic N) is 1. The third-order valence-corrected chi connectivity index (χ3v) is 5.68. The monoisotopic (exact) mass is 499 g/mol. The predicted molar refractivity (Wildman–Crippen MR) is 126 cm³/mol. The van der Waals surface area contributed by atoms with Crippen LogP contribution < -0.4 is 4.74 Å². The summed E-state index contributed by atoms with van der Waals surface area (Å²) in [6.45, 7) is -0.0730. The molecular formula is C24H18Cl2F2NNaO3. The van der Waals surface area contributed by atoms with E-state index in [1.807, 2.05) is 0 Å². The third kappa shape index (κ3) is 5.94. The summed E-state index contributed by atoms with van der Waals surface area (Å²) in [6, 6.07) is 9.76. The number of aromatic carboxylic acids is 1. The van der Waals surface area contributed by atoms with Crippen LogP contribution in [0, 0.1) is 11.6 Å². The van der Waals surface area contributed by atoms with Gasteiger partial charge in [-0.15, -0.1) is 0 Å². The van der Waals surface area contributed by atoms with Gasteiger partial charge in [0.05, 0.1) is 10.6 Å². The molecule has 33 heavy (non-hydrogen) atoms. The quantitative estimate of drug-likeness (QED) is 0.399. The average molecular weight is 500 g/mol. The Balaban J connectivity index is 0.00000306. The maximum atomic E-state index is 14.1. The van der Waals surface area contributed by atoms with E-state index in [4.69, 9.17) is 27.9 Å². The summed E-state index contributed by atoms with van der Waals surface area (Å²) in [5, 5.41) is 9.96. The minimum atomic E-state index is -1.20. The fourth-order valence-electron chi connectivity index (χ4n) is 3.79. The van der Waals surface area contributed by atoms with Gasteiger partial charge in [0.2, 0.25) is 5.88 Å². The summed E-state index contributed by atoms with van der Waals surface area (Å²) < 4.78 is 34.1. The topological polar surface area (TPSA) is 59.4 Å². The van der Waals surface area contributed by atoms with Gasteiger partial charge in [0, 0.05) is 22.3 Å². The van der Waals surface area contributed by atoms with Crippen molar-refractivity contribution in [2.24, 2.45) is 0 Å². The molecule has 0 radical (unpaired) electrons. The number of aromatic nitrogens is 1. The van der Waals surface area contributed by atoms with Crippen molar-refractivity contribution in [3.05, 3.63) is 92.6 Å². The molecule has 0 saturated carbocycles. The van der Waals surface area contributed by atoms with Gasteiger partial charge >= 0.3 is 35.5 Å². The van der Waals surface area contributed by atoms with Gasteiger partial charge in [-0.1, -0.05) is 29.3 Å². The molecule has 0 bridgehead atoms. The Hall–Kier alpha value is -1.96. The number of benzene rings is 2. The molecule has 1 aliphatic rings. The summed E-state index contributed by atoms with van der Waals surface area (Å²) in [4.78, 5) is 15.6. The average Bonchev–Trinajstić information content (AvgIpc) is 3.23. The molecule has 1 N–H and O–H groups in total. The van der Waals surface area contributed by atoms with Gasteiger partial charge in [-0.25, -0.2) is 18.6 Å². The van der Waals surface area contributed by atoms with Crippen LogP contribution in [0.15, 0.2) is 48.7 Å². The van der Waals surface area contributed by atoms with E-state index in [1.54, 1.807) is 12.1 Å². The molecule has 0 saturated heterocycles. The molecule has 4 nitrogen and oxygen atoms in total. The predicted octanol–water partition coefficient (Wildman–Crippen LogP) is 6.39. The fraction of sp³-hybridized carbons (Fsp3) is 0.167. The van der Waals surface area contributed by atoms with Crippen LogP contribution in [0.3, 0.4) is 0 Å². The Morgan fingerprint density at radius 2 is 1.79 bits per heavy atom. The number of carboxylic acid groups (broad SMARTS) is 1. The second-order valence-corrected chi connectivity index (χ2v) is 8.25. The van der Waals surface area contributed by atoms with Crippen LogP contribution in [0.2, 0.25) is 10.0 Å². The number of rotatable bonds is 6. The Bertz CT molecular complexity index is 1250. The summed E-state index contributed by atoms with van der Waals surface area (Å²) in [5.41, 5.74) is 2.93. The van der Waals surface area contributed by atoms with Crippen molar-refractivity contribution in [1.82, 2.24) is 4.98 Å². The van der Waals surface area contributed by atoms with Crippen molar-refractivity contribution in [2.75, 3.05) is 0 Å². The Kier molecular flexibility index (Phi) is 8.54. The number of carbonyl (C=O) groups is 1. The van der Waals surface area contributed by atoms with Crippen LogP contribution >= 0.6 is 23.2 Å². The SMILES string of the molecule is O=C(O)c1cc(F)cc(C2=C(c3cc(Cl)cnc3OCc3ccc(Cl)cc3F)CCC2)c1.[NaH]. The van der Waals surface area contributed by atoms with E-state index in [-0.39, 0.29) is 52.6 Å². The molecule has 3 aromatic rings. The molecule has 1 aliphatic carbocycles. The number of halogens is 4. The minimum absolute atomic E-state index is 0. The molecule has 0 amide bonds. The molecule has 0 atom stereocenters. The Morgan fingerprint density at radius 3 is 2.52 bits per heavy atom. The van der Waals surface area contributed by atoms with Crippen molar-refractivity contribution < 1.29 is 23.4 Å². The van der Waals surface area contributed by atoms with Crippen LogP contribution in [0.25, 0.3) is 11.1 Å². The van der Waals surface area contributed by atoms with Crippen LogP contribution in [-0.2, 0) is 6.61 Å². The second-order valence-electron chi connectivity index (χ2n) is 7.38. The van der Waals surface area contributed by atoms with Crippen molar-refractivity contribution in [1.29, 1.82) is 0 Å². The zero-order valence-corrected chi connectivity index (χ0v) is 18.2. The summed E-state index contributed by atoms with van der Waals surface area (Å²) in [6.07, 6.45) is 3.51. The van der Waals surface area contributed by atoms with Crippen LogP contribution in [0.5, 0.6) is 5.88 Å². The second kappa shape index (κ2) is 11.0. The molecule has 4 rings (SSSR count). The molecule has 0 fully saturated rings. The van der Waals surface area contributed by atoms with E-state index < -0.39 is 17.6 Å². The zero-order chi connectivity index (χ0) is 22.8. The standard InChI is InChI=1S/C24H17Cl2F2NO3.Na.H/c25-16-5-4-13(22(28)10-16)12-32-23-21(9-17(26)11-29-23)20-3-1-2-19(20)14-6-15(24(30)31)8-18(27)7-14;;/h4-11H,1-3,12H2,(H,30,31);;. The molecular weight excluding hydrogens is 482 g/mol.